The van der Waals surface area contributed by atoms with E-state index in [1.807, 2.05) is 43.3 Å². The maximum atomic E-state index is 12.9. The van der Waals surface area contributed by atoms with Crippen molar-refractivity contribution in [3.05, 3.63) is 58.6 Å². The Hall–Kier alpha value is -3.45. The molecule has 1 aromatic heterocycles. The molecule has 37 heavy (non-hydrogen) atoms. The van der Waals surface area contributed by atoms with E-state index in [1.54, 1.807) is 13.1 Å². The van der Waals surface area contributed by atoms with Gasteiger partial charge in [-0.05, 0) is 41.7 Å². The van der Waals surface area contributed by atoms with Crippen LogP contribution in [0.4, 0.5) is 0 Å². The number of nitrogens with zero attached hydrogens (tertiary/aromatic N) is 2. The van der Waals surface area contributed by atoms with Crippen LogP contribution in [0.25, 0.3) is 22.2 Å². The second kappa shape index (κ2) is 11.3. The average molecular weight is 507 g/mol. The molecule has 1 amide bonds. The fraction of sp³-hybridized carbons (Fsp3) is 0.464. The molecule has 1 aliphatic heterocycles. The van der Waals surface area contributed by atoms with Crippen LogP contribution in [0, 0.1) is 17.2 Å². The minimum atomic E-state index is -0.698. The van der Waals surface area contributed by atoms with Crippen molar-refractivity contribution >= 4 is 17.0 Å². The van der Waals surface area contributed by atoms with Crippen LogP contribution in [0.2, 0.25) is 0 Å². The van der Waals surface area contributed by atoms with E-state index in [0.29, 0.717) is 44.2 Å². The number of benzene rings is 2. The van der Waals surface area contributed by atoms with Gasteiger partial charge in [-0.15, -0.1) is 0 Å². The predicted octanol–water partition coefficient (Wildman–Crippen LogP) is 2.77. The van der Waals surface area contributed by atoms with Gasteiger partial charge in [0.15, 0.2) is 5.58 Å². The van der Waals surface area contributed by atoms with Crippen molar-refractivity contribution in [1.82, 2.24) is 15.2 Å². The molecule has 1 aliphatic rings. The minimum absolute atomic E-state index is 0.294. The number of nitriles is 1. The molecule has 2 N–H and O–H groups in total. The normalized spacial score (nSPS) is 20.9. The van der Waals surface area contributed by atoms with Crippen molar-refractivity contribution in [2.24, 2.45) is 13.0 Å². The van der Waals surface area contributed by atoms with Crippen LogP contribution in [0.3, 0.4) is 0 Å². The van der Waals surface area contributed by atoms with Gasteiger partial charge in [-0.1, -0.05) is 44.2 Å². The maximum absolute atomic E-state index is 12.9. The molecule has 0 radical (unpaired) electrons. The van der Waals surface area contributed by atoms with E-state index in [1.165, 1.54) is 4.57 Å². The lowest BCUT2D eigenvalue weighted by Crippen LogP contribution is -2.46. The fourth-order valence-corrected chi connectivity index (χ4v) is 4.25. The van der Waals surface area contributed by atoms with Crippen LogP contribution in [0.1, 0.15) is 26.3 Å². The highest BCUT2D eigenvalue weighted by atomic mass is 16.6. The van der Waals surface area contributed by atoms with Crippen molar-refractivity contribution in [2.75, 3.05) is 26.3 Å². The Balaban J connectivity index is 1.35. The SMILES string of the molecule is CC(C)COC1(C)CNCC(C(=O)NC(C#N)Cc2ccc(-c3ccc4oc(=O)n(C)c4c3)cc2)OC1. The lowest BCUT2D eigenvalue weighted by Gasteiger charge is -2.29. The molecule has 2 aromatic carbocycles. The number of hydrogen-bond donors (Lipinski definition) is 2. The number of oxazole rings is 1. The summed E-state index contributed by atoms with van der Waals surface area (Å²) in [6.45, 7) is 7.99. The molecule has 9 nitrogen and oxygen atoms in total. The Morgan fingerprint density at radius 2 is 2.00 bits per heavy atom. The molecule has 3 atom stereocenters. The largest absolute Gasteiger partial charge is 0.419 e. The summed E-state index contributed by atoms with van der Waals surface area (Å²) in [6.07, 6.45) is -0.329. The van der Waals surface area contributed by atoms with Crippen LogP contribution >= 0.6 is 0 Å². The highest BCUT2D eigenvalue weighted by Gasteiger charge is 2.33. The predicted molar refractivity (Wildman–Crippen MR) is 140 cm³/mol. The first-order chi connectivity index (χ1) is 17.7. The summed E-state index contributed by atoms with van der Waals surface area (Å²) in [6, 6.07) is 14.9. The van der Waals surface area contributed by atoms with Crippen molar-refractivity contribution < 1.29 is 18.7 Å². The lowest BCUT2D eigenvalue weighted by atomic mass is 10.0. The quantitative estimate of drug-likeness (QED) is 0.482. The van der Waals surface area contributed by atoms with E-state index in [9.17, 15) is 14.9 Å². The van der Waals surface area contributed by atoms with Gasteiger partial charge in [0.2, 0.25) is 0 Å². The number of aromatic nitrogens is 1. The van der Waals surface area contributed by atoms with Crippen LogP contribution < -0.4 is 16.4 Å². The van der Waals surface area contributed by atoms with Crippen molar-refractivity contribution in [3.63, 3.8) is 0 Å². The second-order valence-electron chi connectivity index (χ2n) is 10.3. The number of hydrogen-bond acceptors (Lipinski definition) is 7. The molecule has 0 aliphatic carbocycles. The van der Waals surface area contributed by atoms with Gasteiger partial charge in [0, 0.05) is 33.2 Å². The van der Waals surface area contributed by atoms with E-state index in [2.05, 4.69) is 30.6 Å². The zero-order valence-corrected chi connectivity index (χ0v) is 21.7. The molecule has 4 rings (SSSR count). The Labute approximate surface area is 216 Å². The number of nitrogens with one attached hydrogen (secondary N) is 2. The number of fused-ring (bicyclic) bond motifs is 1. The Bertz CT molecular complexity index is 1340. The average Bonchev–Trinajstić information content (AvgIpc) is 3.03. The number of ether oxygens (including phenoxy) is 2. The zero-order valence-electron chi connectivity index (χ0n) is 21.7. The first-order valence-corrected chi connectivity index (χ1v) is 12.5. The minimum Gasteiger partial charge on any atom is -0.408 e. The molecule has 0 bridgehead atoms. The van der Waals surface area contributed by atoms with E-state index in [4.69, 9.17) is 13.9 Å². The number of carbonyl (C=O) groups excluding carboxylic acids is 1. The van der Waals surface area contributed by atoms with Gasteiger partial charge in [0.05, 0.1) is 18.2 Å². The molecule has 0 saturated carbocycles. The summed E-state index contributed by atoms with van der Waals surface area (Å²) in [7, 11) is 1.67. The van der Waals surface area contributed by atoms with Gasteiger partial charge >= 0.3 is 5.76 Å². The van der Waals surface area contributed by atoms with Crippen LogP contribution in [0.15, 0.2) is 51.7 Å². The third-order valence-electron chi connectivity index (χ3n) is 6.47. The molecular weight excluding hydrogens is 472 g/mol. The molecule has 1 fully saturated rings. The highest BCUT2D eigenvalue weighted by molar-refractivity contribution is 5.82. The number of rotatable bonds is 8. The first kappa shape index (κ1) is 26.6. The summed E-state index contributed by atoms with van der Waals surface area (Å²) in [5.74, 6) is -0.312. The van der Waals surface area contributed by atoms with Crippen molar-refractivity contribution in [1.29, 1.82) is 5.26 Å². The number of amides is 1. The van der Waals surface area contributed by atoms with Crippen molar-refractivity contribution in [3.8, 4) is 17.2 Å². The molecule has 3 unspecified atom stereocenters. The topological polar surface area (TPSA) is 119 Å². The molecule has 9 heteroatoms. The molecule has 1 saturated heterocycles. The molecule has 196 valence electrons. The maximum Gasteiger partial charge on any atom is 0.419 e. The standard InChI is InChI=1S/C28H34N4O5/c1-18(2)15-36-28(3)16-30-14-25(35-17-28)26(33)31-22(13-29)11-19-5-7-20(8-6-19)21-9-10-24-23(12-21)32(4)27(34)37-24/h5-10,12,18,22,25,30H,11,14-17H2,1-4H3,(H,31,33). The van der Waals surface area contributed by atoms with Gasteiger partial charge in [-0.25, -0.2) is 4.79 Å². The summed E-state index contributed by atoms with van der Waals surface area (Å²) in [4.78, 5) is 24.6. The van der Waals surface area contributed by atoms with Crippen LogP contribution in [0.5, 0.6) is 0 Å². The molecule has 2 heterocycles. The third kappa shape index (κ3) is 6.46. The highest BCUT2D eigenvalue weighted by Crippen LogP contribution is 2.24. The van der Waals surface area contributed by atoms with Gasteiger partial charge in [0.25, 0.3) is 5.91 Å². The number of aryl methyl sites for hydroxylation is 1. The third-order valence-corrected chi connectivity index (χ3v) is 6.47. The van der Waals surface area contributed by atoms with E-state index < -0.39 is 23.5 Å². The van der Waals surface area contributed by atoms with E-state index in [0.717, 1.165) is 22.2 Å². The smallest absolute Gasteiger partial charge is 0.408 e. The fourth-order valence-electron chi connectivity index (χ4n) is 4.25. The van der Waals surface area contributed by atoms with E-state index >= 15 is 0 Å². The Morgan fingerprint density at radius 3 is 2.70 bits per heavy atom. The van der Waals surface area contributed by atoms with Crippen LogP contribution in [-0.2, 0) is 27.7 Å². The first-order valence-electron chi connectivity index (χ1n) is 12.5. The molecule has 3 aromatic rings. The van der Waals surface area contributed by atoms with Crippen molar-refractivity contribution in [2.45, 2.75) is 44.9 Å². The monoisotopic (exact) mass is 506 g/mol. The van der Waals surface area contributed by atoms with Gasteiger partial charge in [0.1, 0.15) is 17.7 Å². The van der Waals surface area contributed by atoms with Gasteiger partial charge < -0.3 is 24.5 Å². The molecule has 0 spiro atoms. The van der Waals surface area contributed by atoms with E-state index in [-0.39, 0.29) is 5.91 Å². The summed E-state index contributed by atoms with van der Waals surface area (Å²) in [5.41, 5.74) is 3.59. The zero-order chi connectivity index (χ0) is 26.6. The summed E-state index contributed by atoms with van der Waals surface area (Å²) >= 11 is 0. The van der Waals surface area contributed by atoms with Gasteiger partial charge in [-0.2, -0.15) is 5.26 Å². The van der Waals surface area contributed by atoms with Gasteiger partial charge in [-0.3, -0.25) is 9.36 Å². The summed E-state index contributed by atoms with van der Waals surface area (Å²) in [5, 5.41) is 15.7. The summed E-state index contributed by atoms with van der Waals surface area (Å²) < 4.78 is 18.5. The Kier molecular flexibility index (Phi) is 8.13. The lowest BCUT2D eigenvalue weighted by molar-refractivity contribution is -0.138. The van der Waals surface area contributed by atoms with Crippen LogP contribution in [-0.4, -0.2) is 54.5 Å². The second-order valence-corrected chi connectivity index (χ2v) is 10.3. The number of carbonyl (C=O) groups is 1. The molecular formula is C28H34N4O5. The Morgan fingerprint density at radius 1 is 1.27 bits per heavy atom.